The van der Waals surface area contributed by atoms with Crippen LogP contribution >= 0.6 is 11.6 Å². The first-order valence-electron chi connectivity index (χ1n) is 5.84. The summed E-state index contributed by atoms with van der Waals surface area (Å²) in [7, 11) is 0. The molecule has 84 valence electrons. The van der Waals surface area contributed by atoms with Crippen molar-refractivity contribution in [3.05, 3.63) is 11.6 Å². The highest BCUT2D eigenvalue weighted by molar-refractivity contribution is 6.16. The van der Waals surface area contributed by atoms with Crippen LogP contribution in [0.25, 0.3) is 0 Å². The lowest BCUT2D eigenvalue weighted by molar-refractivity contribution is 0.565. The maximum Gasteiger partial charge on any atom is 0.147 e. The second kappa shape index (κ2) is 4.97. The average molecular weight is 228 g/mol. The van der Waals surface area contributed by atoms with E-state index in [1.807, 2.05) is 0 Å². The summed E-state index contributed by atoms with van der Waals surface area (Å²) in [6.07, 6.45) is 6.32. The molecule has 0 unspecified atom stereocenters. The van der Waals surface area contributed by atoms with Gasteiger partial charge < -0.3 is 4.57 Å². The number of hydrogen-bond acceptors (Lipinski definition) is 2. The molecule has 0 N–H and O–H groups in total. The fourth-order valence-electron chi connectivity index (χ4n) is 2.40. The normalized spacial score (nSPS) is 17.5. The van der Waals surface area contributed by atoms with Crippen LogP contribution in [0.4, 0.5) is 0 Å². The first-order chi connectivity index (χ1) is 7.36. The van der Waals surface area contributed by atoms with Gasteiger partial charge in [0.1, 0.15) is 11.6 Å². The number of aromatic nitrogens is 3. The molecule has 0 amide bonds. The van der Waals surface area contributed by atoms with Gasteiger partial charge in [-0.25, -0.2) is 0 Å². The highest BCUT2D eigenvalue weighted by Crippen LogP contribution is 2.33. The van der Waals surface area contributed by atoms with E-state index in [0.717, 1.165) is 18.8 Å². The van der Waals surface area contributed by atoms with Crippen molar-refractivity contribution in [2.24, 2.45) is 0 Å². The van der Waals surface area contributed by atoms with Crippen LogP contribution in [0.3, 0.4) is 0 Å². The fraction of sp³-hybridized carbons (Fsp3) is 0.818. The molecule has 0 aromatic carbocycles. The lowest BCUT2D eigenvalue weighted by atomic mass is 10.1. The van der Waals surface area contributed by atoms with Crippen LogP contribution in [0.15, 0.2) is 0 Å². The number of alkyl halides is 1. The van der Waals surface area contributed by atoms with Crippen LogP contribution in [0.5, 0.6) is 0 Å². The minimum Gasteiger partial charge on any atom is -0.314 e. The summed E-state index contributed by atoms with van der Waals surface area (Å²) >= 11 is 5.86. The number of rotatable bonds is 4. The third kappa shape index (κ3) is 2.17. The Balaban J connectivity index is 2.24. The van der Waals surface area contributed by atoms with E-state index in [0.29, 0.717) is 11.8 Å². The number of nitrogens with zero attached hydrogens (tertiary/aromatic N) is 3. The molecule has 15 heavy (non-hydrogen) atoms. The van der Waals surface area contributed by atoms with Crippen molar-refractivity contribution < 1.29 is 0 Å². The topological polar surface area (TPSA) is 30.7 Å². The predicted octanol–water partition coefficient (Wildman–Crippen LogP) is 3.08. The van der Waals surface area contributed by atoms with E-state index < -0.39 is 0 Å². The Bertz CT molecular complexity index is 316. The van der Waals surface area contributed by atoms with E-state index >= 15 is 0 Å². The Labute approximate surface area is 95.8 Å². The number of halogens is 1. The van der Waals surface area contributed by atoms with Gasteiger partial charge in [0, 0.05) is 12.5 Å². The van der Waals surface area contributed by atoms with Crippen molar-refractivity contribution in [3.63, 3.8) is 0 Å². The summed E-state index contributed by atoms with van der Waals surface area (Å²) in [6, 6.07) is 0. The Morgan fingerprint density at radius 2 is 2.07 bits per heavy atom. The van der Waals surface area contributed by atoms with Crippen molar-refractivity contribution in [2.75, 3.05) is 0 Å². The van der Waals surface area contributed by atoms with Gasteiger partial charge in [-0.05, 0) is 19.3 Å². The third-order valence-corrected chi connectivity index (χ3v) is 3.38. The molecule has 0 spiro atoms. The lowest BCUT2D eigenvalue weighted by Crippen LogP contribution is -2.09. The van der Waals surface area contributed by atoms with Gasteiger partial charge in [-0.2, -0.15) is 0 Å². The molecule has 1 aliphatic rings. The Morgan fingerprint density at radius 3 is 2.67 bits per heavy atom. The maximum absolute atomic E-state index is 5.86. The highest BCUT2D eigenvalue weighted by atomic mass is 35.5. The highest BCUT2D eigenvalue weighted by Gasteiger charge is 2.23. The van der Waals surface area contributed by atoms with Crippen molar-refractivity contribution in [2.45, 2.75) is 57.4 Å². The minimum atomic E-state index is 0.472. The van der Waals surface area contributed by atoms with E-state index in [2.05, 4.69) is 21.7 Å². The maximum atomic E-state index is 5.86. The molecule has 2 rings (SSSR count). The summed E-state index contributed by atoms with van der Waals surface area (Å²) in [5, 5.41) is 8.49. The van der Waals surface area contributed by atoms with Crippen LogP contribution in [0.1, 0.15) is 56.6 Å². The van der Waals surface area contributed by atoms with Gasteiger partial charge in [0.2, 0.25) is 0 Å². The molecule has 1 heterocycles. The van der Waals surface area contributed by atoms with Gasteiger partial charge in [0.05, 0.1) is 5.88 Å². The zero-order valence-corrected chi connectivity index (χ0v) is 10.0. The summed E-state index contributed by atoms with van der Waals surface area (Å²) in [5.41, 5.74) is 0. The van der Waals surface area contributed by atoms with Crippen molar-refractivity contribution >= 4 is 11.6 Å². The van der Waals surface area contributed by atoms with E-state index in [9.17, 15) is 0 Å². The molecule has 1 aliphatic carbocycles. The van der Waals surface area contributed by atoms with E-state index in [1.54, 1.807) is 0 Å². The van der Waals surface area contributed by atoms with Gasteiger partial charge in [-0.15, -0.1) is 21.8 Å². The van der Waals surface area contributed by atoms with Gasteiger partial charge in [-0.3, -0.25) is 0 Å². The quantitative estimate of drug-likeness (QED) is 0.741. The molecule has 0 saturated heterocycles. The van der Waals surface area contributed by atoms with Gasteiger partial charge >= 0.3 is 0 Å². The van der Waals surface area contributed by atoms with Crippen LogP contribution < -0.4 is 0 Å². The molecule has 0 atom stereocenters. The first-order valence-corrected chi connectivity index (χ1v) is 6.38. The molecule has 1 aromatic rings. The lowest BCUT2D eigenvalue weighted by Gasteiger charge is -2.12. The SMILES string of the molecule is CCCn1c(CCl)nnc1C1CCCC1. The molecule has 1 saturated carbocycles. The molecule has 0 radical (unpaired) electrons. The van der Waals surface area contributed by atoms with Crippen molar-refractivity contribution in [1.82, 2.24) is 14.8 Å². The Hall–Kier alpha value is -0.570. The van der Waals surface area contributed by atoms with E-state index in [-0.39, 0.29) is 0 Å². The van der Waals surface area contributed by atoms with Crippen LogP contribution in [0, 0.1) is 0 Å². The largest absolute Gasteiger partial charge is 0.314 e. The van der Waals surface area contributed by atoms with Gasteiger partial charge in [-0.1, -0.05) is 19.8 Å². The second-order valence-corrected chi connectivity index (χ2v) is 4.51. The van der Waals surface area contributed by atoms with Crippen molar-refractivity contribution in [3.8, 4) is 0 Å². The average Bonchev–Trinajstić information content (AvgIpc) is 2.85. The van der Waals surface area contributed by atoms with E-state index in [1.165, 1.54) is 31.5 Å². The zero-order valence-electron chi connectivity index (χ0n) is 9.25. The second-order valence-electron chi connectivity index (χ2n) is 4.24. The summed E-state index contributed by atoms with van der Waals surface area (Å²) < 4.78 is 2.23. The van der Waals surface area contributed by atoms with Gasteiger partial charge in [0.25, 0.3) is 0 Å². The fourth-order valence-corrected chi connectivity index (χ4v) is 2.60. The van der Waals surface area contributed by atoms with Crippen LogP contribution in [-0.4, -0.2) is 14.8 Å². The minimum absolute atomic E-state index is 0.472. The molecular weight excluding hydrogens is 210 g/mol. The molecule has 0 bridgehead atoms. The van der Waals surface area contributed by atoms with E-state index in [4.69, 9.17) is 11.6 Å². The summed E-state index contributed by atoms with van der Waals surface area (Å²) in [5.74, 6) is 3.20. The monoisotopic (exact) mass is 227 g/mol. The van der Waals surface area contributed by atoms with Crippen LogP contribution in [-0.2, 0) is 12.4 Å². The molecule has 4 heteroatoms. The predicted molar refractivity (Wildman–Crippen MR) is 61.1 cm³/mol. The zero-order chi connectivity index (χ0) is 10.7. The molecule has 1 fully saturated rings. The molecule has 3 nitrogen and oxygen atoms in total. The molecular formula is C11H18ClN3. The van der Waals surface area contributed by atoms with Crippen molar-refractivity contribution in [1.29, 1.82) is 0 Å². The standard InChI is InChI=1S/C11H18ClN3/c1-2-7-15-10(8-12)13-14-11(15)9-5-3-4-6-9/h9H,2-8H2,1H3. The molecule has 0 aliphatic heterocycles. The van der Waals surface area contributed by atoms with Gasteiger partial charge in [0.15, 0.2) is 0 Å². The summed E-state index contributed by atoms with van der Waals surface area (Å²) in [4.78, 5) is 0. The third-order valence-electron chi connectivity index (χ3n) is 3.14. The summed E-state index contributed by atoms with van der Waals surface area (Å²) in [6.45, 7) is 3.18. The Kier molecular flexibility index (Phi) is 3.62. The molecule has 1 aromatic heterocycles. The van der Waals surface area contributed by atoms with Crippen LogP contribution in [0.2, 0.25) is 0 Å². The smallest absolute Gasteiger partial charge is 0.147 e. The first kappa shape index (κ1) is 10.9. The Morgan fingerprint density at radius 1 is 1.33 bits per heavy atom. The number of hydrogen-bond donors (Lipinski definition) is 0.